The van der Waals surface area contributed by atoms with E-state index in [-0.39, 0.29) is 6.04 Å². The summed E-state index contributed by atoms with van der Waals surface area (Å²) < 4.78 is 40.2. The third-order valence-corrected chi connectivity index (χ3v) is 3.72. The lowest BCUT2D eigenvalue weighted by Crippen LogP contribution is -2.33. The Morgan fingerprint density at radius 2 is 1.85 bits per heavy atom. The molecule has 0 bridgehead atoms. The highest BCUT2D eigenvalue weighted by molar-refractivity contribution is 6.72. The van der Waals surface area contributed by atoms with Crippen LogP contribution in [0.5, 0.6) is 0 Å². The van der Waals surface area contributed by atoms with Gasteiger partial charge in [-0.1, -0.05) is 0 Å². The summed E-state index contributed by atoms with van der Waals surface area (Å²) in [6.45, 7) is 4.41. The number of hydrogen-bond acceptors (Lipinski definition) is 2. The molecule has 0 rings (SSSR count). The first-order valence-corrected chi connectivity index (χ1v) is 7.00. The van der Waals surface area contributed by atoms with E-state index in [1.165, 1.54) is 6.92 Å². The van der Waals surface area contributed by atoms with E-state index in [0.29, 0.717) is 0 Å². The van der Waals surface area contributed by atoms with Gasteiger partial charge < -0.3 is 4.43 Å². The molecule has 0 aromatic rings. The summed E-state index contributed by atoms with van der Waals surface area (Å²) in [7, 11) is -2.45. The zero-order valence-corrected chi connectivity index (χ0v) is 8.86. The van der Waals surface area contributed by atoms with E-state index in [0.717, 1.165) is 0 Å². The standard InChI is InChI=1S/C7H13F3O2Si/c1-6(11)12-13(2,3)5-4-7(8,9)10/h4-5H2,1-3H3. The van der Waals surface area contributed by atoms with E-state index < -0.39 is 26.9 Å². The van der Waals surface area contributed by atoms with Gasteiger partial charge in [-0.3, -0.25) is 4.79 Å². The minimum atomic E-state index is -4.16. The van der Waals surface area contributed by atoms with Gasteiger partial charge in [0.05, 0.1) is 0 Å². The third kappa shape index (κ3) is 7.83. The van der Waals surface area contributed by atoms with Gasteiger partial charge in [-0.15, -0.1) is 0 Å². The highest BCUT2D eigenvalue weighted by Gasteiger charge is 2.34. The molecule has 0 amide bonds. The van der Waals surface area contributed by atoms with Crippen molar-refractivity contribution >= 4 is 14.3 Å². The van der Waals surface area contributed by atoms with Crippen LogP contribution in [0.15, 0.2) is 0 Å². The molecule has 0 aliphatic rings. The maximum Gasteiger partial charge on any atom is 0.388 e. The molecule has 13 heavy (non-hydrogen) atoms. The molecule has 0 unspecified atom stereocenters. The second-order valence-corrected chi connectivity index (χ2v) is 7.69. The zero-order chi connectivity index (χ0) is 10.7. The summed E-state index contributed by atoms with van der Waals surface area (Å²) >= 11 is 0. The van der Waals surface area contributed by atoms with Crippen molar-refractivity contribution in [2.24, 2.45) is 0 Å². The lowest BCUT2D eigenvalue weighted by Gasteiger charge is -2.22. The highest BCUT2D eigenvalue weighted by Crippen LogP contribution is 2.26. The van der Waals surface area contributed by atoms with Crippen molar-refractivity contribution in [3.8, 4) is 0 Å². The van der Waals surface area contributed by atoms with Gasteiger partial charge in [0.15, 0.2) is 0 Å². The molecule has 0 heterocycles. The Labute approximate surface area is 76.2 Å². The fraction of sp³-hybridized carbons (Fsp3) is 0.857. The van der Waals surface area contributed by atoms with Crippen LogP contribution >= 0.6 is 0 Å². The van der Waals surface area contributed by atoms with Gasteiger partial charge in [0.1, 0.15) is 0 Å². The predicted octanol–water partition coefficient (Wildman–Crippen LogP) is 2.71. The van der Waals surface area contributed by atoms with Crippen LogP contribution in [0.4, 0.5) is 13.2 Å². The highest BCUT2D eigenvalue weighted by atomic mass is 28.4. The van der Waals surface area contributed by atoms with Gasteiger partial charge in [0.2, 0.25) is 8.32 Å². The average Bonchev–Trinajstić information content (AvgIpc) is 1.79. The first-order valence-electron chi connectivity index (χ1n) is 3.89. The quantitative estimate of drug-likeness (QED) is 0.675. The van der Waals surface area contributed by atoms with E-state index in [4.69, 9.17) is 4.43 Å². The molecule has 0 aromatic heterocycles. The van der Waals surface area contributed by atoms with Crippen molar-refractivity contribution in [2.45, 2.75) is 38.7 Å². The van der Waals surface area contributed by atoms with E-state index >= 15 is 0 Å². The van der Waals surface area contributed by atoms with Gasteiger partial charge >= 0.3 is 6.18 Å². The predicted molar refractivity (Wildman–Crippen MR) is 44.7 cm³/mol. The second kappa shape index (κ2) is 4.12. The molecule has 0 fully saturated rings. The van der Waals surface area contributed by atoms with E-state index in [9.17, 15) is 18.0 Å². The molecule has 78 valence electrons. The number of alkyl halides is 3. The normalized spacial score (nSPS) is 12.8. The van der Waals surface area contributed by atoms with Gasteiger partial charge in [0, 0.05) is 13.3 Å². The van der Waals surface area contributed by atoms with E-state index in [2.05, 4.69) is 0 Å². The van der Waals surface area contributed by atoms with Crippen molar-refractivity contribution in [1.82, 2.24) is 0 Å². The van der Waals surface area contributed by atoms with Gasteiger partial charge in [-0.25, -0.2) is 0 Å². The third-order valence-electron chi connectivity index (χ3n) is 1.43. The maximum absolute atomic E-state index is 11.8. The molecular weight excluding hydrogens is 201 g/mol. The zero-order valence-electron chi connectivity index (χ0n) is 7.86. The monoisotopic (exact) mass is 214 g/mol. The Hall–Kier alpha value is -0.523. The number of carbonyl (C=O) groups is 1. The summed E-state index contributed by atoms with van der Waals surface area (Å²) in [5.41, 5.74) is 0. The topological polar surface area (TPSA) is 26.3 Å². The summed E-state index contributed by atoms with van der Waals surface area (Å²) in [4.78, 5) is 10.5. The van der Waals surface area contributed by atoms with Crippen LogP contribution in [0, 0.1) is 0 Å². The largest absolute Gasteiger partial charge is 0.520 e. The molecule has 0 aromatic carbocycles. The molecule has 2 nitrogen and oxygen atoms in total. The number of carbonyl (C=O) groups excluding carboxylic acids is 1. The van der Waals surface area contributed by atoms with Crippen LogP contribution in [0.25, 0.3) is 0 Å². The van der Waals surface area contributed by atoms with Crippen LogP contribution in [0.3, 0.4) is 0 Å². The molecule has 0 aliphatic heterocycles. The van der Waals surface area contributed by atoms with Crippen LogP contribution in [0.1, 0.15) is 13.3 Å². The molecule has 0 spiro atoms. The molecule has 0 aliphatic carbocycles. The Kier molecular flexibility index (Phi) is 3.96. The van der Waals surface area contributed by atoms with Crippen LogP contribution in [-0.2, 0) is 9.22 Å². The Balaban J connectivity index is 3.96. The summed E-state index contributed by atoms with van der Waals surface area (Å²) in [6.07, 6.45) is -5.04. The lowest BCUT2D eigenvalue weighted by atomic mass is 10.5. The molecule has 0 radical (unpaired) electrons. The minimum absolute atomic E-state index is 0.0733. The van der Waals surface area contributed by atoms with Crippen LogP contribution < -0.4 is 0 Å². The van der Waals surface area contributed by atoms with Crippen molar-refractivity contribution in [1.29, 1.82) is 0 Å². The second-order valence-electron chi connectivity index (χ2n) is 3.47. The molecule has 0 N–H and O–H groups in total. The van der Waals surface area contributed by atoms with Crippen molar-refractivity contribution in [3.63, 3.8) is 0 Å². The smallest absolute Gasteiger partial charge is 0.388 e. The molecule has 0 atom stereocenters. The van der Waals surface area contributed by atoms with Gasteiger partial charge in [-0.05, 0) is 19.1 Å². The van der Waals surface area contributed by atoms with E-state index in [1.807, 2.05) is 0 Å². The number of halogens is 3. The van der Waals surface area contributed by atoms with Crippen LogP contribution in [-0.4, -0.2) is 20.5 Å². The van der Waals surface area contributed by atoms with Crippen LogP contribution in [0.2, 0.25) is 19.1 Å². The summed E-state index contributed by atoms with van der Waals surface area (Å²) in [5, 5.41) is 0. The van der Waals surface area contributed by atoms with Gasteiger partial charge in [0.25, 0.3) is 5.97 Å². The summed E-state index contributed by atoms with van der Waals surface area (Å²) in [5.74, 6) is -0.501. The van der Waals surface area contributed by atoms with Crippen molar-refractivity contribution in [2.75, 3.05) is 0 Å². The van der Waals surface area contributed by atoms with Gasteiger partial charge in [-0.2, -0.15) is 13.2 Å². The Morgan fingerprint density at radius 1 is 1.38 bits per heavy atom. The SMILES string of the molecule is CC(=O)O[Si](C)(C)CCC(F)(F)F. The Bertz CT molecular complexity index is 189. The lowest BCUT2D eigenvalue weighted by molar-refractivity contribution is -0.136. The number of rotatable bonds is 3. The molecule has 0 saturated carbocycles. The molecule has 6 heteroatoms. The number of hydrogen-bond donors (Lipinski definition) is 0. The minimum Gasteiger partial charge on any atom is -0.520 e. The van der Waals surface area contributed by atoms with Crippen molar-refractivity contribution < 1.29 is 22.4 Å². The van der Waals surface area contributed by atoms with Crippen molar-refractivity contribution in [3.05, 3.63) is 0 Å². The van der Waals surface area contributed by atoms with E-state index in [1.54, 1.807) is 13.1 Å². The molecule has 0 saturated heterocycles. The first-order chi connectivity index (χ1) is 5.62. The fourth-order valence-electron chi connectivity index (χ4n) is 0.883. The average molecular weight is 214 g/mol. The maximum atomic E-state index is 11.8. The fourth-order valence-corrected chi connectivity index (χ4v) is 2.65. The first kappa shape index (κ1) is 12.5. The molecular formula is C7H13F3O2Si. The summed E-state index contributed by atoms with van der Waals surface area (Å²) in [6, 6.07) is -0.0733. The Morgan fingerprint density at radius 3 is 2.15 bits per heavy atom.